The van der Waals surface area contributed by atoms with E-state index in [1.54, 1.807) is 0 Å². The summed E-state index contributed by atoms with van der Waals surface area (Å²) in [7, 11) is 0. The molecule has 0 radical (unpaired) electrons. The van der Waals surface area contributed by atoms with E-state index in [0.29, 0.717) is 0 Å². The molecule has 1 aliphatic rings. The molecule has 0 aliphatic carbocycles. The van der Waals surface area contributed by atoms with Crippen molar-refractivity contribution in [1.29, 1.82) is 0 Å². The van der Waals surface area contributed by atoms with Crippen LogP contribution in [0.25, 0.3) is 0 Å². The van der Waals surface area contributed by atoms with Gasteiger partial charge in [-0.2, -0.15) is 0 Å². The first-order valence-corrected chi connectivity index (χ1v) is 4.51. The first-order chi connectivity index (χ1) is 6.97. The fraction of sp³-hybridized carbons (Fsp3) is 0.875. The molecule has 0 aromatic rings. The number of aliphatic hydroxyl groups is 3. The Bertz CT molecular complexity index is 239. The van der Waals surface area contributed by atoms with Gasteiger partial charge >= 0.3 is 0 Å². The van der Waals surface area contributed by atoms with Crippen molar-refractivity contribution in [2.24, 2.45) is 0 Å². The summed E-state index contributed by atoms with van der Waals surface area (Å²) in [4.78, 5) is 10.7. The van der Waals surface area contributed by atoms with Crippen LogP contribution in [0, 0.1) is 0 Å². The fourth-order valence-electron chi connectivity index (χ4n) is 1.46. The van der Waals surface area contributed by atoms with Gasteiger partial charge in [0.15, 0.2) is 12.5 Å². The molecule has 0 bridgehead atoms. The van der Waals surface area contributed by atoms with E-state index < -0.39 is 43.2 Å². The van der Waals surface area contributed by atoms with E-state index in [9.17, 15) is 19.4 Å². The van der Waals surface area contributed by atoms with E-state index >= 15 is 0 Å². The smallest absolute Gasteiger partial charge is 0.217 e. The van der Waals surface area contributed by atoms with Gasteiger partial charge in [-0.25, -0.2) is 4.39 Å². The number of carbonyl (C=O) groups excluding carboxylic acids is 1. The molecule has 15 heavy (non-hydrogen) atoms. The number of ether oxygens (including phenoxy) is 1. The van der Waals surface area contributed by atoms with E-state index in [2.05, 4.69) is 10.1 Å². The zero-order valence-electron chi connectivity index (χ0n) is 8.13. The molecule has 7 heteroatoms. The summed E-state index contributed by atoms with van der Waals surface area (Å²) in [5.74, 6) is -0.517. The van der Waals surface area contributed by atoms with E-state index in [4.69, 9.17) is 5.11 Å². The van der Waals surface area contributed by atoms with Gasteiger partial charge in [0.25, 0.3) is 0 Å². The molecule has 1 aliphatic heterocycles. The topological polar surface area (TPSA) is 99.0 Å². The third kappa shape index (κ3) is 2.63. The normalized spacial score (nSPS) is 41.3. The van der Waals surface area contributed by atoms with Crippen LogP contribution in [0.15, 0.2) is 0 Å². The Morgan fingerprint density at radius 3 is 2.60 bits per heavy atom. The van der Waals surface area contributed by atoms with Crippen LogP contribution in [0.3, 0.4) is 0 Å². The lowest BCUT2D eigenvalue weighted by Gasteiger charge is -2.38. The predicted octanol–water partition coefficient (Wildman–Crippen LogP) is -2.10. The Kier molecular flexibility index (Phi) is 3.97. The standard InChI is InChI=1S/C8H14FNO5/c1-3(12)10-6-7(13)5(9)4(2-11)15-8(6)14/h4-8,11,13-14H,2H2,1H3,(H,10,12). The van der Waals surface area contributed by atoms with Gasteiger partial charge in [0, 0.05) is 6.92 Å². The van der Waals surface area contributed by atoms with Crippen LogP contribution in [0.1, 0.15) is 6.92 Å². The first kappa shape index (κ1) is 12.3. The van der Waals surface area contributed by atoms with Crippen molar-refractivity contribution in [3.63, 3.8) is 0 Å². The highest BCUT2D eigenvalue weighted by Gasteiger charge is 2.45. The number of rotatable bonds is 2. The minimum atomic E-state index is -1.85. The van der Waals surface area contributed by atoms with Gasteiger partial charge in [-0.1, -0.05) is 0 Å². The molecule has 5 atom stereocenters. The summed E-state index contributed by atoms with van der Waals surface area (Å²) in [6.45, 7) is 0.521. The Hall–Kier alpha value is -0.760. The van der Waals surface area contributed by atoms with E-state index in [-0.39, 0.29) is 0 Å². The number of amides is 1. The Morgan fingerprint density at radius 2 is 2.13 bits per heavy atom. The second kappa shape index (κ2) is 4.84. The van der Waals surface area contributed by atoms with Crippen LogP contribution in [-0.2, 0) is 9.53 Å². The van der Waals surface area contributed by atoms with E-state index in [1.165, 1.54) is 6.92 Å². The minimum absolute atomic E-state index is 0.517. The summed E-state index contributed by atoms with van der Waals surface area (Å²) in [5, 5.41) is 29.6. The van der Waals surface area contributed by atoms with Crippen LogP contribution < -0.4 is 5.32 Å². The largest absolute Gasteiger partial charge is 0.394 e. The highest BCUT2D eigenvalue weighted by Crippen LogP contribution is 2.22. The van der Waals surface area contributed by atoms with Crippen LogP contribution in [-0.4, -0.2) is 58.5 Å². The number of hydrogen-bond acceptors (Lipinski definition) is 5. The number of aliphatic hydroxyl groups excluding tert-OH is 3. The summed E-state index contributed by atoms with van der Waals surface area (Å²) >= 11 is 0. The van der Waals surface area contributed by atoms with Crippen molar-refractivity contribution < 1.29 is 29.2 Å². The molecule has 5 unspecified atom stereocenters. The summed E-state index contributed by atoms with van der Waals surface area (Å²) in [6, 6.07) is -1.22. The number of halogens is 1. The lowest BCUT2D eigenvalue weighted by Crippen LogP contribution is -2.62. The second-order valence-corrected chi connectivity index (χ2v) is 3.41. The molecular formula is C8H14FNO5. The van der Waals surface area contributed by atoms with Gasteiger partial charge < -0.3 is 25.4 Å². The van der Waals surface area contributed by atoms with Crippen molar-refractivity contribution in [2.75, 3.05) is 6.61 Å². The highest BCUT2D eigenvalue weighted by atomic mass is 19.1. The zero-order chi connectivity index (χ0) is 11.6. The first-order valence-electron chi connectivity index (χ1n) is 4.51. The molecule has 1 heterocycles. The minimum Gasteiger partial charge on any atom is -0.394 e. The molecule has 1 fully saturated rings. The lowest BCUT2D eigenvalue weighted by atomic mass is 9.98. The molecule has 0 aromatic heterocycles. The SMILES string of the molecule is CC(=O)NC1C(O)OC(CO)C(F)C1O. The molecule has 4 N–H and O–H groups in total. The van der Waals surface area contributed by atoms with E-state index in [0.717, 1.165) is 0 Å². The molecule has 1 rings (SSSR count). The van der Waals surface area contributed by atoms with Crippen molar-refractivity contribution >= 4 is 5.91 Å². The number of carbonyl (C=O) groups is 1. The van der Waals surface area contributed by atoms with Gasteiger partial charge in [0.1, 0.15) is 18.2 Å². The van der Waals surface area contributed by atoms with Crippen LogP contribution in [0.2, 0.25) is 0 Å². The third-order valence-corrected chi connectivity index (χ3v) is 2.22. The molecule has 1 saturated heterocycles. The molecule has 88 valence electrons. The molecule has 1 amide bonds. The quantitative estimate of drug-likeness (QED) is 0.430. The zero-order valence-corrected chi connectivity index (χ0v) is 8.13. The van der Waals surface area contributed by atoms with Gasteiger partial charge in [0.2, 0.25) is 5.91 Å². The maximum Gasteiger partial charge on any atom is 0.217 e. The van der Waals surface area contributed by atoms with Crippen LogP contribution >= 0.6 is 0 Å². The third-order valence-electron chi connectivity index (χ3n) is 2.22. The Labute approximate surface area is 85.7 Å². The van der Waals surface area contributed by atoms with Gasteiger partial charge in [0.05, 0.1) is 6.61 Å². The number of hydrogen-bond donors (Lipinski definition) is 4. The maximum atomic E-state index is 13.3. The average Bonchev–Trinajstić information content (AvgIpc) is 2.18. The second-order valence-electron chi connectivity index (χ2n) is 3.41. The number of alkyl halides is 1. The van der Waals surface area contributed by atoms with Crippen molar-refractivity contribution in [1.82, 2.24) is 5.32 Å². The van der Waals surface area contributed by atoms with Crippen molar-refractivity contribution in [3.8, 4) is 0 Å². The monoisotopic (exact) mass is 223 g/mol. The molecule has 6 nitrogen and oxygen atoms in total. The van der Waals surface area contributed by atoms with E-state index in [1.807, 2.05) is 0 Å². The average molecular weight is 223 g/mol. The van der Waals surface area contributed by atoms with Gasteiger partial charge in [-0.05, 0) is 0 Å². The van der Waals surface area contributed by atoms with Crippen LogP contribution in [0.4, 0.5) is 4.39 Å². The van der Waals surface area contributed by atoms with Gasteiger partial charge in [-0.3, -0.25) is 4.79 Å². The van der Waals surface area contributed by atoms with Gasteiger partial charge in [-0.15, -0.1) is 0 Å². The number of nitrogens with one attached hydrogen (secondary N) is 1. The summed E-state index contributed by atoms with van der Waals surface area (Å²) in [5.41, 5.74) is 0. The Balaban J connectivity index is 2.70. The lowest BCUT2D eigenvalue weighted by molar-refractivity contribution is -0.240. The predicted molar refractivity (Wildman–Crippen MR) is 46.5 cm³/mol. The van der Waals surface area contributed by atoms with Crippen LogP contribution in [0.5, 0.6) is 0 Å². The fourth-order valence-corrected chi connectivity index (χ4v) is 1.46. The maximum absolute atomic E-state index is 13.3. The summed E-state index contributed by atoms with van der Waals surface area (Å²) in [6.07, 6.45) is -6.27. The van der Waals surface area contributed by atoms with Crippen molar-refractivity contribution in [2.45, 2.75) is 37.6 Å². The molecule has 0 spiro atoms. The van der Waals surface area contributed by atoms with Crippen molar-refractivity contribution in [3.05, 3.63) is 0 Å². The highest BCUT2D eigenvalue weighted by molar-refractivity contribution is 5.73. The molecule has 0 aromatic carbocycles. The summed E-state index contributed by atoms with van der Waals surface area (Å²) < 4.78 is 18.0. The Morgan fingerprint density at radius 1 is 1.53 bits per heavy atom. The molecule has 0 saturated carbocycles. The molecular weight excluding hydrogens is 209 g/mol.